The minimum atomic E-state index is -0.509. The van der Waals surface area contributed by atoms with Crippen LogP contribution in [0.15, 0.2) is 42.5 Å². The van der Waals surface area contributed by atoms with E-state index in [1.54, 1.807) is 24.3 Å². The molecule has 0 unspecified atom stereocenters. The highest BCUT2D eigenvalue weighted by atomic mass is 35.5. The van der Waals surface area contributed by atoms with Crippen molar-refractivity contribution in [3.05, 3.63) is 64.4 Å². The zero-order chi connectivity index (χ0) is 16.8. The summed E-state index contributed by atoms with van der Waals surface area (Å²) < 4.78 is 18.6. The first-order chi connectivity index (χ1) is 11.0. The minimum Gasteiger partial charge on any atom is -0.460 e. The van der Waals surface area contributed by atoms with Crippen LogP contribution in [-0.2, 0) is 27.4 Å². The molecular formula is C17H15ClFNO3. The second-order valence-corrected chi connectivity index (χ2v) is 5.32. The van der Waals surface area contributed by atoms with Gasteiger partial charge in [0.15, 0.2) is 0 Å². The molecule has 0 saturated heterocycles. The van der Waals surface area contributed by atoms with Crippen LogP contribution in [-0.4, -0.2) is 11.9 Å². The number of benzene rings is 2. The molecule has 0 atom stereocenters. The number of amides is 1. The standard InChI is InChI=1S/C17H15ClFNO3/c1-11(21)20-13-7-5-12(6-8-13)9-17(22)23-10-14-15(18)3-2-4-16(14)19/h2-8H,9-10H2,1H3,(H,20,21). The van der Waals surface area contributed by atoms with Gasteiger partial charge in [-0.25, -0.2) is 4.39 Å². The van der Waals surface area contributed by atoms with Gasteiger partial charge in [-0.1, -0.05) is 29.8 Å². The molecule has 23 heavy (non-hydrogen) atoms. The third kappa shape index (κ3) is 5.07. The van der Waals surface area contributed by atoms with Crippen LogP contribution in [0.4, 0.5) is 10.1 Å². The fraction of sp³-hybridized carbons (Fsp3) is 0.176. The van der Waals surface area contributed by atoms with E-state index in [-0.39, 0.29) is 29.5 Å². The molecule has 1 amide bonds. The SMILES string of the molecule is CC(=O)Nc1ccc(CC(=O)OCc2c(F)cccc2Cl)cc1. The van der Waals surface area contributed by atoms with Gasteiger partial charge in [-0.05, 0) is 29.8 Å². The molecule has 0 saturated carbocycles. The summed E-state index contributed by atoms with van der Waals surface area (Å²) in [5, 5.41) is 2.85. The van der Waals surface area contributed by atoms with E-state index in [0.29, 0.717) is 5.69 Å². The van der Waals surface area contributed by atoms with Gasteiger partial charge >= 0.3 is 5.97 Å². The molecule has 0 radical (unpaired) electrons. The molecule has 6 heteroatoms. The highest BCUT2D eigenvalue weighted by Crippen LogP contribution is 2.20. The Bertz CT molecular complexity index is 696. The van der Waals surface area contributed by atoms with Gasteiger partial charge in [0.25, 0.3) is 0 Å². The lowest BCUT2D eigenvalue weighted by atomic mass is 10.1. The quantitative estimate of drug-likeness (QED) is 0.847. The van der Waals surface area contributed by atoms with Crippen molar-refractivity contribution in [3.63, 3.8) is 0 Å². The monoisotopic (exact) mass is 335 g/mol. The van der Waals surface area contributed by atoms with Crippen molar-refractivity contribution in [2.75, 3.05) is 5.32 Å². The number of rotatable bonds is 5. The lowest BCUT2D eigenvalue weighted by Crippen LogP contribution is -2.09. The Morgan fingerprint density at radius 2 is 1.87 bits per heavy atom. The lowest BCUT2D eigenvalue weighted by Gasteiger charge is -2.08. The van der Waals surface area contributed by atoms with E-state index < -0.39 is 11.8 Å². The molecular weight excluding hydrogens is 321 g/mol. The summed E-state index contributed by atoms with van der Waals surface area (Å²) in [5.74, 6) is -1.17. The topological polar surface area (TPSA) is 55.4 Å². The first kappa shape index (κ1) is 17.0. The van der Waals surface area contributed by atoms with Crippen molar-refractivity contribution < 1.29 is 18.7 Å². The smallest absolute Gasteiger partial charge is 0.310 e. The van der Waals surface area contributed by atoms with Crippen LogP contribution in [0.25, 0.3) is 0 Å². The number of hydrogen-bond donors (Lipinski definition) is 1. The van der Waals surface area contributed by atoms with Crippen LogP contribution in [0.3, 0.4) is 0 Å². The predicted octanol–water partition coefficient (Wildman–Crippen LogP) is 3.72. The minimum absolute atomic E-state index is 0.0480. The van der Waals surface area contributed by atoms with Crippen LogP contribution in [0.2, 0.25) is 5.02 Å². The van der Waals surface area contributed by atoms with E-state index in [1.165, 1.54) is 25.1 Å². The summed E-state index contributed by atoms with van der Waals surface area (Å²) in [6.45, 7) is 1.20. The second-order valence-electron chi connectivity index (χ2n) is 4.92. The number of halogens is 2. The average Bonchev–Trinajstić information content (AvgIpc) is 2.48. The normalized spacial score (nSPS) is 10.2. The molecule has 2 rings (SSSR count). The van der Waals surface area contributed by atoms with Gasteiger partial charge in [-0.2, -0.15) is 0 Å². The van der Waals surface area contributed by atoms with Gasteiger partial charge in [0.1, 0.15) is 12.4 Å². The predicted molar refractivity (Wildman–Crippen MR) is 85.7 cm³/mol. The highest BCUT2D eigenvalue weighted by Gasteiger charge is 2.11. The summed E-state index contributed by atoms with van der Waals surface area (Å²) >= 11 is 5.87. The maximum atomic E-state index is 13.6. The van der Waals surface area contributed by atoms with E-state index in [2.05, 4.69) is 5.32 Å². The summed E-state index contributed by atoms with van der Waals surface area (Å²) in [7, 11) is 0. The molecule has 0 aliphatic carbocycles. The van der Waals surface area contributed by atoms with Crippen molar-refractivity contribution in [3.8, 4) is 0 Å². The third-order valence-electron chi connectivity index (χ3n) is 3.06. The van der Waals surface area contributed by atoms with Crippen LogP contribution < -0.4 is 5.32 Å². The van der Waals surface area contributed by atoms with E-state index in [4.69, 9.17) is 16.3 Å². The molecule has 4 nitrogen and oxygen atoms in total. The molecule has 0 aliphatic heterocycles. The van der Waals surface area contributed by atoms with Gasteiger partial charge in [0, 0.05) is 18.2 Å². The number of anilines is 1. The van der Waals surface area contributed by atoms with Gasteiger partial charge in [-0.15, -0.1) is 0 Å². The van der Waals surface area contributed by atoms with Crippen molar-refractivity contribution in [1.29, 1.82) is 0 Å². The first-order valence-electron chi connectivity index (χ1n) is 6.91. The molecule has 1 N–H and O–H groups in total. The maximum Gasteiger partial charge on any atom is 0.310 e. The number of esters is 1. The van der Waals surface area contributed by atoms with E-state index in [0.717, 1.165) is 5.56 Å². The Labute approximate surface area is 138 Å². The van der Waals surface area contributed by atoms with Gasteiger partial charge < -0.3 is 10.1 Å². The van der Waals surface area contributed by atoms with Crippen molar-refractivity contribution in [2.24, 2.45) is 0 Å². The molecule has 0 spiro atoms. The molecule has 2 aromatic rings. The first-order valence-corrected chi connectivity index (χ1v) is 7.28. The fourth-order valence-electron chi connectivity index (χ4n) is 1.95. The van der Waals surface area contributed by atoms with Crippen LogP contribution in [0, 0.1) is 5.82 Å². The zero-order valence-electron chi connectivity index (χ0n) is 12.4. The summed E-state index contributed by atoms with van der Waals surface area (Å²) in [4.78, 5) is 22.7. The number of carbonyl (C=O) groups excluding carboxylic acids is 2. The van der Waals surface area contributed by atoms with Crippen molar-refractivity contribution in [2.45, 2.75) is 20.0 Å². The zero-order valence-corrected chi connectivity index (χ0v) is 13.2. The summed E-state index contributed by atoms with van der Waals surface area (Å²) in [6, 6.07) is 11.1. The molecule has 2 aromatic carbocycles. The Balaban J connectivity index is 1.91. The molecule has 0 aromatic heterocycles. The Kier molecular flexibility index (Phi) is 5.71. The number of carbonyl (C=O) groups is 2. The van der Waals surface area contributed by atoms with Gasteiger partial charge in [0.05, 0.1) is 11.4 Å². The van der Waals surface area contributed by atoms with E-state index in [1.807, 2.05) is 0 Å². The largest absolute Gasteiger partial charge is 0.460 e. The average molecular weight is 336 g/mol. The number of hydrogen-bond acceptors (Lipinski definition) is 3. The Morgan fingerprint density at radius 1 is 1.17 bits per heavy atom. The highest BCUT2D eigenvalue weighted by molar-refractivity contribution is 6.31. The molecule has 0 aliphatic rings. The van der Waals surface area contributed by atoms with Crippen molar-refractivity contribution in [1.82, 2.24) is 0 Å². The number of ether oxygens (including phenoxy) is 1. The van der Waals surface area contributed by atoms with E-state index >= 15 is 0 Å². The van der Waals surface area contributed by atoms with E-state index in [9.17, 15) is 14.0 Å². The lowest BCUT2D eigenvalue weighted by molar-refractivity contribution is -0.144. The molecule has 0 heterocycles. The molecule has 0 bridgehead atoms. The summed E-state index contributed by atoms with van der Waals surface area (Å²) in [6.07, 6.45) is 0.0480. The molecule has 120 valence electrons. The summed E-state index contributed by atoms with van der Waals surface area (Å²) in [5.41, 5.74) is 1.53. The Morgan fingerprint density at radius 3 is 2.48 bits per heavy atom. The van der Waals surface area contributed by atoms with Crippen LogP contribution >= 0.6 is 11.6 Å². The van der Waals surface area contributed by atoms with Crippen LogP contribution in [0.5, 0.6) is 0 Å². The van der Waals surface area contributed by atoms with Crippen molar-refractivity contribution >= 4 is 29.2 Å². The Hall–Kier alpha value is -2.40. The van der Waals surface area contributed by atoms with Gasteiger partial charge in [0.2, 0.25) is 5.91 Å². The maximum absolute atomic E-state index is 13.6. The second kappa shape index (κ2) is 7.74. The van der Waals surface area contributed by atoms with Gasteiger partial charge in [-0.3, -0.25) is 9.59 Å². The molecule has 0 fully saturated rings. The fourth-order valence-corrected chi connectivity index (χ4v) is 2.17. The van der Waals surface area contributed by atoms with Crippen LogP contribution in [0.1, 0.15) is 18.1 Å². The third-order valence-corrected chi connectivity index (χ3v) is 3.42. The number of nitrogens with one attached hydrogen (secondary N) is 1.